The minimum atomic E-state index is -0.414. The number of carbonyl (C=O) groups is 1. The second kappa shape index (κ2) is 10.7. The van der Waals surface area contributed by atoms with Crippen molar-refractivity contribution < 1.29 is 9.53 Å². The molecule has 0 bridgehead atoms. The van der Waals surface area contributed by atoms with Crippen LogP contribution in [-0.2, 0) is 24.9 Å². The monoisotopic (exact) mass is 501 g/mol. The molecule has 37 heavy (non-hydrogen) atoms. The molecule has 2 aromatic carbocycles. The summed E-state index contributed by atoms with van der Waals surface area (Å²) in [6.07, 6.45) is 1.68. The van der Waals surface area contributed by atoms with E-state index >= 15 is 0 Å². The number of rotatable bonds is 9. The average Bonchev–Trinajstić information content (AvgIpc) is 3.23. The minimum absolute atomic E-state index is 0.164. The van der Waals surface area contributed by atoms with Gasteiger partial charge in [0.25, 0.3) is 5.56 Å². The van der Waals surface area contributed by atoms with E-state index in [4.69, 9.17) is 9.84 Å². The van der Waals surface area contributed by atoms with Crippen molar-refractivity contribution in [1.82, 2.24) is 18.9 Å². The largest absolute Gasteiger partial charge is 0.489 e. The maximum atomic E-state index is 13.5. The van der Waals surface area contributed by atoms with Crippen LogP contribution < -0.4 is 21.3 Å². The standard InChI is InChI=1S/C28H31N5O4/c1-6-15-37-23-10-8-7-9-21(23)17-33-25(20-11-13-22(14-12-20)29-19(4)34)24-26(30-33)32(16-18(2)3)28(36)31(5)27(24)35/h6-14,18H,1,15-17H2,2-5H3,(H,29,34). The Morgan fingerprint density at radius 3 is 2.49 bits per heavy atom. The molecule has 1 amide bonds. The number of hydrogen-bond donors (Lipinski definition) is 1. The summed E-state index contributed by atoms with van der Waals surface area (Å²) in [7, 11) is 1.49. The van der Waals surface area contributed by atoms with Crippen molar-refractivity contribution in [2.75, 3.05) is 11.9 Å². The van der Waals surface area contributed by atoms with Gasteiger partial charge >= 0.3 is 5.69 Å². The molecular weight excluding hydrogens is 470 g/mol. The summed E-state index contributed by atoms with van der Waals surface area (Å²) in [4.78, 5) is 38.0. The average molecular weight is 502 g/mol. The lowest BCUT2D eigenvalue weighted by Crippen LogP contribution is -2.38. The predicted molar refractivity (Wildman–Crippen MR) is 145 cm³/mol. The SMILES string of the molecule is C=CCOc1ccccc1Cn1nc2c(c1-c1ccc(NC(C)=O)cc1)c(=O)n(C)c(=O)n2CC(C)C. The van der Waals surface area contributed by atoms with Gasteiger partial charge < -0.3 is 10.1 Å². The quantitative estimate of drug-likeness (QED) is 0.352. The number of para-hydroxylation sites is 1. The Balaban J connectivity index is 1.98. The van der Waals surface area contributed by atoms with Crippen molar-refractivity contribution >= 4 is 22.6 Å². The Morgan fingerprint density at radius 1 is 1.14 bits per heavy atom. The summed E-state index contributed by atoms with van der Waals surface area (Å²) in [6, 6.07) is 14.8. The van der Waals surface area contributed by atoms with Crippen molar-refractivity contribution in [3.8, 4) is 17.0 Å². The van der Waals surface area contributed by atoms with Gasteiger partial charge in [-0.3, -0.25) is 23.4 Å². The number of benzene rings is 2. The molecule has 0 aliphatic heterocycles. The smallest absolute Gasteiger partial charge is 0.332 e. The third-order valence-corrected chi connectivity index (χ3v) is 5.90. The molecular formula is C28H31N5O4. The van der Waals surface area contributed by atoms with Crippen LogP contribution in [0.25, 0.3) is 22.3 Å². The third-order valence-electron chi connectivity index (χ3n) is 5.90. The summed E-state index contributed by atoms with van der Waals surface area (Å²) in [5.41, 5.74) is 2.34. The molecule has 0 fully saturated rings. The molecule has 0 aliphatic rings. The molecule has 0 saturated carbocycles. The van der Waals surface area contributed by atoms with Crippen LogP contribution in [0.5, 0.6) is 5.75 Å². The van der Waals surface area contributed by atoms with E-state index in [1.54, 1.807) is 27.5 Å². The first kappa shape index (κ1) is 25.7. The van der Waals surface area contributed by atoms with E-state index in [1.807, 2.05) is 50.2 Å². The minimum Gasteiger partial charge on any atom is -0.489 e. The van der Waals surface area contributed by atoms with Gasteiger partial charge in [0.2, 0.25) is 5.91 Å². The lowest BCUT2D eigenvalue weighted by Gasteiger charge is -2.13. The molecule has 2 aromatic heterocycles. The van der Waals surface area contributed by atoms with E-state index in [1.165, 1.54) is 14.0 Å². The lowest BCUT2D eigenvalue weighted by molar-refractivity contribution is -0.114. The number of anilines is 1. The zero-order valence-corrected chi connectivity index (χ0v) is 21.5. The summed E-state index contributed by atoms with van der Waals surface area (Å²) >= 11 is 0. The van der Waals surface area contributed by atoms with E-state index < -0.39 is 11.2 Å². The van der Waals surface area contributed by atoms with Crippen LogP contribution in [0.15, 0.2) is 70.8 Å². The molecule has 0 saturated heterocycles. The Kier molecular flexibility index (Phi) is 7.42. The van der Waals surface area contributed by atoms with Gasteiger partial charge in [0, 0.05) is 37.3 Å². The first-order valence-corrected chi connectivity index (χ1v) is 12.1. The van der Waals surface area contributed by atoms with Crippen LogP contribution >= 0.6 is 0 Å². The topological polar surface area (TPSA) is 100 Å². The zero-order chi connectivity index (χ0) is 26.7. The Labute approximate surface area is 214 Å². The molecule has 0 radical (unpaired) electrons. The summed E-state index contributed by atoms with van der Waals surface area (Å²) in [5.74, 6) is 0.671. The lowest BCUT2D eigenvalue weighted by atomic mass is 10.1. The predicted octanol–water partition coefficient (Wildman–Crippen LogP) is 3.79. The van der Waals surface area contributed by atoms with Crippen LogP contribution in [-0.4, -0.2) is 31.4 Å². The van der Waals surface area contributed by atoms with E-state index in [2.05, 4.69) is 11.9 Å². The normalized spacial score (nSPS) is 11.2. The molecule has 9 nitrogen and oxygen atoms in total. The highest BCUT2D eigenvalue weighted by atomic mass is 16.5. The number of amides is 1. The van der Waals surface area contributed by atoms with Gasteiger partial charge in [-0.1, -0.05) is 56.8 Å². The molecule has 2 heterocycles. The number of fused-ring (bicyclic) bond motifs is 1. The fourth-order valence-electron chi connectivity index (χ4n) is 4.30. The summed E-state index contributed by atoms with van der Waals surface area (Å²) in [5, 5.41) is 7.93. The van der Waals surface area contributed by atoms with Crippen molar-refractivity contribution in [3.05, 3.63) is 87.6 Å². The highest BCUT2D eigenvalue weighted by Gasteiger charge is 2.23. The van der Waals surface area contributed by atoms with Gasteiger partial charge in [-0.05, 0) is 24.1 Å². The number of ether oxygens (including phenoxy) is 1. The highest BCUT2D eigenvalue weighted by Crippen LogP contribution is 2.30. The van der Waals surface area contributed by atoms with Crippen molar-refractivity contribution in [1.29, 1.82) is 0 Å². The summed E-state index contributed by atoms with van der Waals surface area (Å²) in [6.45, 7) is 10.3. The molecule has 0 aliphatic carbocycles. The van der Waals surface area contributed by atoms with Crippen molar-refractivity contribution in [2.45, 2.75) is 33.9 Å². The molecule has 1 N–H and O–H groups in total. The van der Waals surface area contributed by atoms with Crippen LogP contribution in [0.2, 0.25) is 0 Å². The first-order chi connectivity index (χ1) is 17.7. The zero-order valence-electron chi connectivity index (χ0n) is 21.5. The second-order valence-corrected chi connectivity index (χ2v) is 9.32. The number of hydrogen-bond acceptors (Lipinski definition) is 5. The number of aromatic nitrogens is 4. The maximum Gasteiger partial charge on any atom is 0.332 e. The van der Waals surface area contributed by atoms with Gasteiger partial charge in [-0.25, -0.2) is 4.79 Å². The Hall–Kier alpha value is -4.40. The van der Waals surface area contributed by atoms with Gasteiger partial charge in [0.15, 0.2) is 5.65 Å². The number of nitrogens with zero attached hydrogens (tertiary/aromatic N) is 4. The van der Waals surface area contributed by atoms with Crippen LogP contribution in [0, 0.1) is 5.92 Å². The molecule has 0 atom stereocenters. The van der Waals surface area contributed by atoms with E-state index in [0.717, 1.165) is 15.7 Å². The van der Waals surface area contributed by atoms with Gasteiger partial charge in [0.1, 0.15) is 17.7 Å². The number of carbonyl (C=O) groups excluding carboxylic acids is 1. The molecule has 192 valence electrons. The fourth-order valence-corrected chi connectivity index (χ4v) is 4.30. The van der Waals surface area contributed by atoms with Crippen molar-refractivity contribution in [3.63, 3.8) is 0 Å². The van der Waals surface area contributed by atoms with E-state index in [-0.39, 0.29) is 11.8 Å². The van der Waals surface area contributed by atoms with E-state index in [0.29, 0.717) is 47.9 Å². The molecule has 4 rings (SSSR count). The summed E-state index contributed by atoms with van der Waals surface area (Å²) < 4.78 is 10.3. The molecule has 0 unspecified atom stereocenters. The Morgan fingerprint density at radius 2 is 1.84 bits per heavy atom. The van der Waals surface area contributed by atoms with Crippen LogP contribution in [0.3, 0.4) is 0 Å². The maximum absolute atomic E-state index is 13.5. The van der Waals surface area contributed by atoms with Crippen LogP contribution in [0.4, 0.5) is 5.69 Å². The molecule has 9 heteroatoms. The third kappa shape index (κ3) is 5.25. The van der Waals surface area contributed by atoms with Gasteiger partial charge in [0.05, 0.1) is 12.2 Å². The second-order valence-electron chi connectivity index (χ2n) is 9.32. The first-order valence-electron chi connectivity index (χ1n) is 12.1. The highest BCUT2D eigenvalue weighted by molar-refractivity contribution is 5.92. The molecule has 0 spiro atoms. The fraction of sp³-hybridized carbons (Fsp3) is 0.286. The van der Waals surface area contributed by atoms with E-state index in [9.17, 15) is 14.4 Å². The van der Waals surface area contributed by atoms with Gasteiger partial charge in [-0.15, -0.1) is 0 Å². The van der Waals surface area contributed by atoms with Crippen molar-refractivity contribution in [2.24, 2.45) is 13.0 Å². The van der Waals surface area contributed by atoms with Gasteiger partial charge in [-0.2, -0.15) is 5.10 Å². The van der Waals surface area contributed by atoms with Crippen LogP contribution in [0.1, 0.15) is 26.3 Å². The Bertz CT molecular complexity index is 1580. The number of nitrogens with one attached hydrogen (secondary N) is 1. The molecule has 4 aromatic rings.